The third-order valence-corrected chi connectivity index (χ3v) is 6.86. The van der Waals surface area contributed by atoms with Crippen molar-refractivity contribution in [3.8, 4) is 0 Å². The van der Waals surface area contributed by atoms with Crippen LogP contribution in [0.2, 0.25) is 0 Å². The molecule has 0 radical (unpaired) electrons. The molecule has 4 saturated carbocycles. The average molecular weight is 283 g/mol. The molecule has 4 aliphatic carbocycles. The van der Waals surface area contributed by atoms with Gasteiger partial charge in [-0.15, -0.1) is 0 Å². The molecule has 1 unspecified atom stereocenters. The highest BCUT2D eigenvalue weighted by Gasteiger charge is 2.53. The van der Waals surface area contributed by atoms with Crippen molar-refractivity contribution in [1.82, 2.24) is 5.32 Å². The molecule has 1 nitrogen and oxygen atoms in total. The minimum atomic E-state index is 0.603. The minimum Gasteiger partial charge on any atom is -0.316 e. The summed E-state index contributed by atoms with van der Waals surface area (Å²) in [5.41, 5.74) is 3.61. The van der Waals surface area contributed by atoms with Gasteiger partial charge in [-0.1, -0.05) is 24.3 Å². The molecule has 21 heavy (non-hydrogen) atoms. The summed E-state index contributed by atoms with van der Waals surface area (Å²) in [4.78, 5) is 0. The van der Waals surface area contributed by atoms with Crippen LogP contribution in [0.3, 0.4) is 0 Å². The van der Waals surface area contributed by atoms with Crippen molar-refractivity contribution in [2.24, 2.45) is 23.2 Å². The molecule has 4 aliphatic rings. The van der Waals surface area contributed by atoms with Crippen LogP contribution in [-0.4, -0.2) is 13.1 Å². The molecule has 0 amide bonds. The van der Waals surface area contributed by atoms with Gasteiger partial charge in [0.25, 0.3) is 0 Å². The Bertz CT molecular complexity index is 483. The zero-order valence-corrected chi connectivity index (χ0v) is 13.6. The summed E-state index contributed by atoms with van der Waals surface area (Å²) in [6, 6.07) is 9.64. The molecule has 1 heteroatoms. The van der Waals surface area contributed by atoms with Gasteiger partial charge in [0, 0.05) is 6.04 Å². The predicted molar refractivity (Wildman–Crippen MR) is 88.3 cm³/mol. The smallest absolute Gasteiger partial charge is 0.0161 e. The van der Waals surface area contributed by atoms with Crippen LogP contribution in [-0.2, 0) is 6.42 Å². The first-order valence-electron chi connectivity index (χ1n) is 8.90. The zero-order chi connectivity index (χ0) is 14.4. The summed E-state index contributed by atoms with van der Waals surface area (Å²) in [5.74, 6) is 3.14. The summed E-state index contributed by atoms with van der Waals surface area (Å²) >= 11 is 0. The van der Waals surface area contributed by atoms with Gasteiger partial charge >= 0.3 is 0 Å². The SMILES string of the molecule is CNC(Cc1ccccc1C)C12CC3CC(CC(C3)C1)C2. The van der Waals surface area contributed by atoms with Crippen molar-refractivity contribution in [2.75, 3.05) is 7.05 Å². The van der Waals surface area contributed by atoms with E-state index in [9.17, 15) is 0 Å². The van der Waals surface area contributed by atoms with Gasteiger partial charge in [0.2, 0.25) is 0 Å². The molecule has 0 aliphatic heterocycles. The fourth-order valence-corrected chi connectivity index (χ4v) is 6.29. The highest BCUT2D eigenvalue weighted by molar-refractivity contribution is 5.27. The number of nitrogens with one attached hydrogen (secondary N) is 1. The molecule has 4 bridgehead atoms. The normalized spacial score (nSPS) is 38.7. The molecular weight excluding hydrogens is 254 g/mol. The van der Waals surface area contributed by atoms with Crippen LogP contribution in [0, 0.1) is 30.1 Å². The van der Waals surface area contributed by atoms with E-state index in [1.165, 1.54) is 31.2 Å². The first kappa shape index (κ1) is 13.8. The quantitative estimate of drug-likeness (QED) is 0.866. The fraction of sp³-hybridized carbons (Fsp3) is 0.700. The number of likely N-dealkylation sites (N-methyl/N-ethyl adjacent to an activating group) is 1. The zero-order valence-electron chi connectivity index (χ0n) is 13.6. The third-order valence-electron chi connectivity index (χ3n) is 6.86. The number of aryl methyl sites for hydroxylation is 1. The van der Waals surface area contributed by atoms with Crippen molar-refractivity contribution < 1.29 is 0 Å². The summed E-state index contributed by atoms with van der Waals surface area (Å²) in [6.07, 6.45) is 10.3. The van der Waals surface area contributed by atoms with Crippen LogP contribution in [0.4, 0.5) is 0 Å². The maximum Gasteiger partial charge on any atom is 0.0161 e. The molecule has 0 heterocycles. The molecule has 1 atom stereocenters. The van der Waals surface area contributed by atoms with E-state index in [1.807, 2.05) is 0 Å². The van der Waals surface area contributed by atoms with Gasteiger partial charge in [0.05, 0.1) is 0 Å². The van der Waals surface area contributed by atoms with Crippen LogP contribution < -0.4 is 5.32 Å². The average Bonchev–Trinajstić information content (AvgIpc) is 2.44. The van der Waals surface area contributed by atoms with Gasteiger partial charge in [-0.05, 0) is 93.2 Å². The molecule has 4 fully saturated rings. The molecule has 0 aromatic heterocycles. The maximum atomic E-state index is 3.73. The standard InChI is InChI=1S/C20H29N/c1-14-5-3-4-6-18(14)10-19(21-2)20-11-15-7-16(12-20)9-17(8-15)13-20/h3-6,15-17,19,21H,7-13H2,1-2H3. The van der Waals surface area contributed by atoms with E-state index < -0.39 is 0 Å². The number of hydrogen-bond donors (Lipinski definition) is 1. The predicted octanol–water partition coefficient (Wildman–Crippen LogP) is 4.34. The Hall–Kier alpha value is -0.820. The van der Waals surface area contributed by atoms with Crippen molar-refractivity contribution >= 4 is 0 Å². The van der Waals surface area contributed by atoms with Crippen LogP contribution in [0.15, 0.2) is 24.3 Å². The molecule has 1 N–H and O–H groups in total. The Kier molecular flexibility index (Phi) is 3.37. The first-order valence-corrected chi connectivity index (χ1v) is 8.90. The van der Waals surface area contributed by atoms with E-state index in [1.54, 1.807) is 24.8 Å². The number of benzene rings is 1. The largest absolute Gasteiger partial charge is 0.316 e. The summed E-state index contributed by atoms with van der Waals surface area (Å²) < 4.78 is 0. The Morgan fingerprint density at radius 2 is 1.62 bits per heavy atom. The van der Waals surface area contributed by atoms with Gasteiger partial charge in [0.1, 0.15) is 0 Å². The highest BCUT2D eigenvalue weighted by Crippen LogP contribution is 2.61. The third kappa shape index (κ3) is 2.34. The van der Waals surface area contributed by atoms with Gasteiger partial charge in [-0.25, -0.2) is 0 Å². The van der Waals surface area contributed by atoms with Gasteiger partial charge in [-0.2, -0.15) is 0 Å². The summed E-state index contributed by atoms with van der Waals surface area (Å²) in [5, 5.41) is 3.73. The number of hydrogen-bond acceptors (Lipinski definition) is 1. The Labute approximate surface area is 129 Å². The lowest BCUT2D eigenvalue weighted by molar-refractivity contribution is -0.0724. The number of rotatable bonds is 4. The molecule has 0 spiro atoms. The minimum absolute atomic E-state index is 0.603. The second kappa shape index (κ2) is 5.12. The molecule has 5 rings (SSSR count). The molecular formula is C20H29N. The van der Waals surface area contributed by atoms with Gasteiger partial charge < -0.3 is 5.32 Å². The monoisotopic (exact) mass is 283 g/mol. The van der Waals surface area contributed by atoms with Crippen molar-refractivity contribution in [2.45, 2.75) is 57.9 Å². The lowest BCUT2D eigenvalue weighted by Crippen LogP contribution is -2.56. The van der Waals surface area contributed by atoms with Crippen LogP contribution in [0.5, 0.6) is 0 Å². The van der Waals surface area contributed by atoms with E-state index >= 15 is 0 Å². The second-order valence-corrected chi connectivity index (χ2v) is 8.25. The van der Waals surface area contributed by atoms with Crippen LogP contribution >= 0.6 is 0 Å². The van der Waals surface area contributed by atoms with Gasteiger partial charge in [0.15, 0.2) is 0 Å². The first-order chi connectivity index (χ1) is 10.2. The Morgan fingerprint density at radius 1 is 1.05 bits per heavy atom. The lowest BCUT2D eigenvalue weighted by atomic mass is 9.47. The second-order valence-electron chi connectivity index (χ2n) is 8.25. The van der Waals surface area contributed by atoms with E-state index in [0.717, 1.165) is 17.8 Å². The summed E-state index contributed by atoms with van der Waals surface area (Å²) in [7, 11) is 2.20. The van der Waals surface area contributed by atoms with Crippen molar-refractivity contribution in [3.05, 3.63) is 35.4 Å². The highest BCUT2D eigenvalue weighted by atomic mass is 14.9. The molecule has 1 aromatic carbocycles. The molecule has 0 saturated heterocycles. The topological polar surface area (TPSA) is 12.0 Å². The Balaban J connectivity index is 1.60. The lowest BCUT2D eigenvalue weighted by Gasteiger charge is -2.59. The van der Waals surface area contributed by atoms with E-state index in [4.69, 9.17) is 0 Å². The van der Waals surface area contributed by atoms with E-state index in [-0.39, 0.29) is 0 Å². The van der Waals surface area contributed by atoms with Gasteiger partial charge in [-0.3, -0.25) is 0 Å². The van der Waals surface area contributed by atoms with Crippen molar-refractivity contribution in [3.63, 3.8) is 0 Å². The summed E-state index contributed by atoms with van der Waals surface area (Å²) in [6.45, 7) is 2.27. The molecule has 1 aromatic rings. The molecule has 114 valence electrons. The van der Waals surface area contributed by atoms with Crippen molar-refractivity contribution in [1.29, 1.82) is 0 Å². The Morgan fingerprint density at radius 3 is 2.14 bits per heavy atom. The van der Waals surface area contributed by atoms with E-state index in [2.05, 4.69) is 43.6 Å². The van der Waals surface area contributed by atoms with E-state index in [0.29, 0.717) is 11.5 Å². The fourth-order valence-electron chi connectivity index (χ4n) is 6.29. The maximum absolute atomic E-state index is 3.73. The van der Waals surface area contributed by atoms with Crippen LogP contribution in [0.1, 0.15) is 49.7 Å². The van der Waals surface area contributed by atoms with Crippen LogP contribution in [0.25, 0.3) is 0 Å².